The Labute approximate surface area is 99.2 Å². The van der Waals surface area contributed by atoms with Crippen molar-refractivity contribution in [3.05, 3.63) is 0 Å². The average Bonchev–Trinajstić information content (AvgIpc) is 2.94. The van der Waals surface area contributed by atoms with Crippen molar-refractivity contribution in [1.82, 2.24) is 4.90 Å². The minimum Gasteiger partial charge on any atom is -0.393 e. The highest BCUT2D eigenvalue weighted by molar-refractivity contribution is 7.80. The Morgan fingerprint density at radius 3 is 2.40 bits per heavy atom. The third-order valence-electron chi connectivity index (χ3n) is 3.05. The molecule has 1 unspecified atom stereocenters. The zero-order chi connectivity index (χ0) is 11.4. The molecule has 3 heteroatoms. The van der Waals surface area contributed by atoms with E-state index in [9.17, 15) is 0 Å². The maximum absolute atomic E-state index is 5.67. The maximum atomic E-state index is 5.67. The first-order chi connectivity index (χ1) is 7.00. The van der Waals surface area contributed by atoms with E-state index in [4.69, 9.17) is 18.0 Å². The van der Waals surface area contributed by atoms with Gasteiger partial charge in [-0.05, 0) is 31.7 Å². The molecule has 1 aliphatic carbocycles. The van der Waals surface area contributed by atoms with Gasteiger partial charge in [-0.25, -0.2) is 0 Å². The van der Waals surface area contributed by atoms with Gasteiger partial charge in [0.15, 0.2) is 0 Å². The third-order valence-corrected chi connectivity index (χ3v) is 3.45. The third kappa shape index (κ3) is 4.94. The zero-order valence-corrected chi connectivity index (χ0v) is 11.0. The summed E-state index contributed by atoms with van der Waals surface area (Å²) in [5, 5.41) is 0. The maximum Gasteiger partial charge on any atom is 0.0768 e. The van der Waals surface area contributed by atoms with Gasteiger partial charge in [-0.2, -0.15) is 0 Å². The van der Waals surface area contributed by atoms with Crippen molar-refractivity contribution in [3.63, 3.8) is 0 Å². The van der Waals surface area contributed by atoms with E-state index in [1.165, 1.54) is 25.8 Å². The van der Waals surface area contributed by atoms with E-state index in [0.717, 1.165) is 18.5 Å². The molecule has 2 N–H and O–H groups in total. The van der Waals surface area contributed by atoms with Crippen LogP contribution in [0.2, 0.25) is 0 Å². The molecule has 2 nitrogen and oxygen atoms in total. The van der Waals surface area contributed by atoms with Crippen molar-refractivity contribution in [3.8, 4) is 0 Å². The summed E-state index contributed by atoms with van der Waals surface area (Å²) in [6.07, 6.45) is 4.00. The molecule has 1 atom stereocenters. The summed E-state index contributed by atoms with van der Waals surface area (Å²) < 4.78 is 0. The summed E-state index contributed by atoms with van der Waals surface area (Å²) in [6, 6.07) is 0.820. The van der Waals surface area contributed by atoms with Crippen LogP contribution in [0.3, 0.4) is 0 Å². The van der Waals surface area contributed by atoms with Gasteiger partial charge in [0.1, 0.15) is 0 Å². The van der Waals surface area contributed by atoms with Crippen LogP contribution in [0.5, 0.6) is 0 Å². The summed E-state index contributed by atoms with van der Waals surface area (Å²) in [5.74, 6) is 1.14. The molecule has 1 fully saturated rings. The Hall–Kier alpha value is -0.150. The Bertz CT molecular complexity index is 212. The van der Waals surface area contributed by atoms with Crippen LogP contribution in [0.25, 0.3) is 0 Å². The minimum absolute atomic E-state index is 0.354. The fraction of sp³-hybridized carbons (Fsp3) is 0.917. The lowest BCUT2D eigenvalue weighted by atomic mass is 10.1. The van der Waals surface area contributed by atoms with Crippen molar-refractivity contribution < 1.29 is 0 Å². The Balaban J connectivity index is 2.33. The molecule has 0 heterocycles. The number of thiocarbonyl (C=S) groups is 1. The van der Waals surface area contributed by atoms with Gasteiger partial charge < -0.3 is 5.73 Å². The van der Waals surface area contributed by atoms with Crippen molar-refractivity contribution in [2.75, 3.05) is 13.1 Å². The molecular formula is C12H24N2S. The fourth-order valence-electron chi connectivity index (χ4n) is 1.73. The van der Waals surface area contributed by atoms with E-state index in [2.05, 4.69) is 25.7 Å². The summed E-state index contributed by atoms with van der Waals surface area (Å²) >= 11 is 5.03. The minimum atomic E-state index is 0.354. The van der Waals surface area contributed by atoms with Crippen LogP contribution in [-0.2, 0) is 0 Å². The van der Waals surface area contributed by atoms with E-state index in [1.54, 1.807) is 0 Å². The van der Waals surface area contributed by atoms with Gasteiger partial charge in [0.25, 0.3) is 0 Å². The molecule has 0 aromatic rings. The highest BCUT2D eigenvalue weighted by Crippen LogP contribution is 2.28. The van der Waals surface area contributed by atoms with Gasteiger partial charge in [-0.15, -0.1) is 0 Å². The largest absolute Gasteiger partial charge is 0.393 e. The van der Waals surface area contributed by atoms with Crippen LogP contribution in [0.4, 0.5) is 0 Å². The molecule has 0 amide bonds. The van der Waals surface area contributed by atoms with Gasteiger partial charge in [-0.3, -0.25) is 4.90 Å². The standard InChI is InChI=1S/C12H24N2S/c1-9(2)6-7-14(11-4-5-11)8-10(3)12(13)15/h9-11H,4-8H2,1-3H3,(H2,13,15). The molecule has 0 aromatic carbocycles. The van der Waals surface area contributed by atoms with Crippen molar-refractivity contribution >= 4 is 17.2 Å². The SMILES string of the molecule is CC(C)CCN(CC(C)C(N)=S)C1CC1. The topological polar surface area (TPSA) is 29.3 Å². The quantitative estimate of drug-likeness (QED) is 0.679. The van der Waals surface area contributed by atoms with Gasteiger partial charge in [0.2, 0.25) is 0 Å². The van der Waals surface area contributed by atoms with Gasteiger partial charge in [0.05, 0.1) is 4.99 Å². The van der Waals surface area contributed by atoms with Crippen LogP contribution < -0.4 is 5.73 Å². The van der Waals surface area contributed by atoms with E-state index < -0.39 is 0 Å². The summed E-state index contributed by atoms with van der Waals surface area (Å²) in [6.45, 7) is 8.94. The first-order valence-electron chi connectivity index (χ1n) is 6.04. The van der Waals surface area contributed by atoms with Crippen LogP contribution in [-0.4, -0.2) is 29.0 Å². The second-order valence-corrected chi connectivity index (χ2v) is 5.68. The highest BCUT2D eigenvalue weighted by Gasteiger charge is 2.29. The molecule has 0 aromatic heterocycles. The molecule has 1 aliphatic rings. The van der Waals surface area contributed by atoms with E-state index >= 15 is 0 Å². The average molecular weight is 228 g/mol. The number of hydrogen-bond acceptors (Lipinski definition) is 2. The molecule has 15 heavy (non-hydrogen) atoms. The Morgan fingerprint density at radius 2 is 2.00 bits per heavy atom. The molecule has 88 valence electrons. The van der Waals surface area contributed by atoms with Crippen molar-refractivity contribution in [2.24, 2.45) is 17.6 Å². The van der Waals surface area contributed by atoms with Crippen LogP contribution in [0.15, 0.2) is 0 Å². The van der Waals surface area contributed by atoms with Gasteiger partial charge >= 0.3 is 0 Å². The molecule has 1 rings (SSSR count). The molecular weight excluding hydrogens is 204 g/mol. The molecule has 0 saturated heterocycles. The van der Waals surface area contributed by atoms with Crippen molar-refractivity contribution in [1.29, 1.82) is 0 Å². The van der Waals surface area contributed by atoms with Gasteiger partial charge in [-0.1, -0.05) is 33.0 Å². The lowest BCUT2D eigenvalue weighted by molar-refractivity contribution is 0.235. The number of nitrogens with zero attached hydrogens (tertiary/aromatic N) is 1. The number of nitrogens with two attached hydrogens (primary N) is 1. The van der Waals surface area contributed by atoms with Crippen molar-refractivity contribution in [2.45, 2.75) is 46.1 Å². The molecule has 0 aliphatic heterocycles. The van der Waals surface area contributed by atoms with Crippen LogP contribution in [0.1, 0.15) is 40.0 Å². The molecule has 0 spiro atoms. The summed E-state index contributed by atoms with van der Waals surface area (Å²) in [5.41, 5.74) is 5.67. The molecule has 0 radical (unpaired) electrons. The Kier molecular flexibility index (Phi) is 5.00. The fourth-order valence-corrected chi connectivity index (χ4v) is 1.80. The predicted octanol–water partition coefficient (Wildman–Crippen LogP) is 2.42. The van der Waals surface area contributed by atoms with Crippen LogP contribution in [0, 0.1) is 11.8 Å². The highest BCUT2D eigenvalue weighted by atomic mass is 32.1. The van der Waals surface area contributed by atoms with E-state index in [1.807, 2.05) is 0 Å². The number of hydrogen-bond donors (Lipinski definition) is 1. The van der Waals surface area contributed by atoms with E-state index in [-0.39, 0.29) is 0 Å². The first kappa shape index (κ1) is 12.9. The second-order valence-electron chi connectivity index (χ2n) is 5.21. The van der Waals surface area contributed by atoms with Crippen LogP contribution >= 0.6 is 12.2 Å². The molecule has 1 saturated carbocycles. The summed E-state index contributed by atoms with van der Waals surface area (Å²) in [7, 11) is 0. The van der Waals surface area contributed by atoms with E-state index in [0.29, 0.717) is 10.9 Å². The zero-order valence-electron chi connectivity index (χ0n) is 10.2. The van der Waals surface area contributed by atoms with Gasteiger partial charge in [0, 0.05) is 18.5 Å². The lowest BCUT2D eigenvalue weighted by Crippen LogP contribution is -2.36. The normalized spacial score (nSPS) is 18.5. The first-order valence-corrected chi connectivity index (χ1v) is 6.45. The molecule has 0 bridgehead atoms. The lowest BCUT2D eigenvalue weighted by Gasteiger charge is -2.25. The monoisotopic (exact) mass is 228 g/mol. The second kappa shape index (κ2) is 5.80. The summed E-state index contributed by atoms with van der Waals surface area (Å²) in [4.78, 5) is 3.23. The number of rotatable bonds is 7. The smallest absolute Gasteiger partial charge is 0.0768 e. The predicted molar refractivity (Wildman–Crippen MR) is 70.0 cm³/mol. The Morgan fingerprint density at radius 1 is 1.40 bits per heavy atom.